The number of ether oxygens (including phenoxy) is 2. The number of nitrogens with one attached hydrogen (secondary N) is 2. The lowest BCUT2D eigenvalue weighted by atomic mass is 10.0. The van der Waals surface area contributed by atoms with E-state index in [1.54, 1.807) is 10.8 Å². The van der Waals surface area contributed by atoms with Gasteiger partial charge in [0.25, 0.3) is 0 Å². The predicted molar refractivity (Wildman–Crippen MR) is 104 cm³/mol. The highest BCUT2D eigenvalue weighted by molar-refractivity contribution is 8.77. The minimum Gasteiger partial charge on any atom is -0.480 e. The molecule has 0 saturated heterocycles. The third-order valence-electron chi connectivity index (χ3n) is 3.15. The van der Waals surface area contributed by atoms with Crippen LogP contribution in [0.15, 0.2) is 0 Å². The van der Waals surface area contributed by atoms with Gasteiger partial charge in [0.05, 0.1) is 24.6 Å². The molecule has 1 atom stereocenters. The molecule has 0 aliphatic heterocycles. The Balaban J connectivity index is 4.18. The molecule has 0 fully saturated rings. The van der Waals surface area contributed by atoms with Gasteiger partial charge in [-0.05, 0) is 27.3 Å². The summed E-state index contributed by atoms with van der Waals surface area (Å²) in [5, 5.41) is 15.1. The van der Waals surface area contributed by atoms with Crippen LogP contribution < -0.4 is 10.6 Å². The summed E-state index contributed by atoms with van der Waals surface area (Å²) in [4.78, 5) is 23.6. The molecule has 0 unspecified atom stereocenters. The maximum absolute atomic E-state index is 12.0. The van der Waals surface area contributed by atoms with Crippen molar-refractivity contribution >= 4 is 33.5 Å². The van der Waals surface area contributed by atoms with Crippen LogP contribution in [0.5, 0.6) is 0 Å². The topological polar surface area (TPSA) is 96.9 Å². The van der Waals surface area contributed by atoms with Gasteiger partial charge in [0, 0.05) is 25.3 Å². The number of carbonyl (C=O) groups excluding carboxylic acids is 1. The minimum atomic E-state index is -1.03. The fourth-order valence-corrected chi connectivity index (χ4v) is 4.41. The molecule has 0 heterocycles. The van der Waals surface area contributed by atoms with Crippen molar-refractivity contribution in [3.8, 4) is 0 Å². The van der Waals surface area contributed by atoms with Crippen molar-refractivity contribution in [3.63, 3.8) is 0 Å². The molecule has 7 nitrogen and oxygen atoms in total. The van der Waals surface area contributed by atoms with Gasteiger partial charge in [-0.15, -0.1) is 0 Å². The summed E-state index contributed by atoms with van der Waals surface area (Å²) in [7, 11) is 4.93. The molecule has 25 heavy (non-hydrogen) atoms. The van der Waals surface area contributed by atoms with E-state index >= 15 is 0 Å². The molecule has 9 heteroatoms. The summed E-state index contributed by atoms with van der Waals surface area (Å²) in [6.07, 6.45) is 1.09. The molecule has 1 amide bonds. The molecule has 0 aromatic rings. The van der Waals surface area contributed by atoms with E-state index in [0.717, 1.165) is 18.7 Å². The number of rotatable bonds is 16. The Morgan fingerprint density at radius 3 is 2.36 bits per heavy atom. The van der Waals surface area contributed by atoms with E-state index < -0.39 is 16.8 Å². The molecule has 0 aliphatic carbocycles. The van der Waals surface area contributed by atoms with Crippen molar-refractivity contribution in [2.45, 2.75) is 44.4 Å². The molecule has 0 rings (SSSR count). The van der Waals surface area contributed by atoms with Gasteiger partial charge in [-0.2, -0.15) is 0 Å². The van der Waals surface area contributed by atoms with Crippen LogP contribution in [0.25, 0.3) is 0 Å². The fourth-order valence-electron chi connectivity index (χ4n) is 1.78. The second-order valence-electron chi connectivity index (χ2n) is 5.93. The maximum Gasteiger partial charge on any atom is 0.327 e. The fraction of sp³-hybridized carbons (Fsp3) is 0.875. The van der Waals surface area contributed by atoms with Gasteiger partial charge >= 0.3 is 5.97 Å². The van der Waals surface area contributed by atoms with Crippen molar-refractivity contribution in [3.05, 3.63) is 0 Å². The lowest BCUT2D eigenvalue weighted by Gasteiger charge is -2.30. The number of carboxylic acid groups (broad SMARTS) is 1. The third-order valence-corrected chi connectivity index (χ3v) is 6.45. The lowest BCUT2D eigenvalue weighted by Crippen LogP contribution is -2.52. The second-order valence-corrected chi connectivity index (χ2v) is 9.00. The standard InChI is InChI=1S/C16H32N2O5S2/c1-5-8-22-10-11-23-9-6-13(19)18-14(15(20)21)16(2,3)25-24-12-7-17-4/h14,17H,5-12H2,1-4H3,(H,18,19)(H,20,21)/t14-/m1/s1. The molecule has 0 spiro atoms. The molecule has 3 N–H and O–H groups in total. The van der Waals surface area contributed by atoms with Gasteiger partial charge in [0.15, 0.2) is 0 Å². The molecule has 0 aromatic heterocycles. The molecule has 0 bridgehead atoms. The first-order valence-corrected chi connectivity index (χ1v) is 10.8. The van der Waals surface area contributed by atoms with Gasteiger partial charge in [0.2, 0.25) is 5.91 Å². The first-order valence-electron chi connectivity index (χ1n) is 8.48. The van der Waals surface area contributed by atoms with E-state index in [4.69, 9.17) is 9.47 Å². The predicted octanol–water partition coefficient (Wildman–Crippen LogP) is 1.77. The summed E-state index contributed by atoms with van der Waals surface area (Å²) in [6.45, 7) is 8.40. The van der Waals surface area contributed by atoms with Crippen LogP contribution in [0.4, 0.5) is 0 Å². The molecule has 148 valence electrons. The third kappa shape index (κ3) is 12.5. The van der Waals surface area contributed by atoms with E-state index in [-0.39, 0.29) is 18.9 Å². The number of aliphatic carboxylic acids is 1. The Hall–Kier alpha value is -0.480. The lowest BCUT2D eigenvalue weighted by molar-refractivity contribution is -0.142. The van der Waals surface area contributed by atoms with Gasteiger partial charge in [0.1, 0.15) is 6.04 Å². The summed E-state index contributed by atoms with van der Waals surface area (Å²) in [6, 6.07) is -0.958. The molecule has 0 saturated carbocycles. The van der Waals surface area contributed by atoms with Crippen LogP contribution in [0.3, 0.4) is 0 Å². The number of carboxylic acids is 1. The van der Waals surface area contributed by atoms with Crippen LogP contribution in [-0.2, 0) is 19.1 Å². The van der Waals surface area contributed by atoms with Crippen LogP contribution in [-0.4, -0.2) is 73.5 Å². The molecular weight excluding hydrogens is 364 g/mol. The van der Waals surface area contributed by atoms with Gasteiger partial charge in [-0.3, -0.25) is 4.79 Å². The number of hydrogen-bond donors (Lipinski definition) is 3. The van der Waals surface area contributed by atoms with E-state index in [1.165, 1.54) is 10.8 Å². The quantitative estimate of drug-likeness (QED) is 0.268. The maximum atomic E-state index is 12.0. The molecule has 0 radical (unpaired) electrons. The molecular formula is C16H32N2O5S2. The first kappa shape index (κ1) is 24.5. The van der Waals surface area contributed by atoms with Gasteiger partial charge in [-0.1, -0.05) is 28.5 Å². The van der Waals surface area contributed by atoms with Crippen molar-refractivity contribution in [1.82, 2.24) is 10.6 Å². The Morgan fingerprint density at radius 2 is 1.80 bits per heavy atom. The summed E-state index contributed by atoms with van der Waals surface area (Å²) in [5.41, 5.74) is 0. The highest BCUT2D eigenvalue weighted by Crippen LogP contribution is 2.38. The Labute approximate surface area is 158 Å². The van der Waals surface area contributed by atoms with E-state index in [2.05, 4.69) is 10.6 Å². The van der Waals surface area contributed by atoms with Crippen molar-refractivity contribution in [2.75, 3.05) is 45.8 Å². The highest BCUT2D eigenvalue weighted by Gasteiger charge is 2.37. The van der Waals surface area contributed by atoms with Crippen molar-refractivity contribution in [1.29, 1.82) is 0 Å². The number of hydrogen-bond acceptors (Lipinski definition) is 7. The minimum absolute atomic E-state index is 0.130. The van der Waals surface area contributed by atoms with Crippen LogP contribution in [0.2, 0.25) is 0 Å². The summed E-state index contributed by atoms with van der Waals surface area (Å²) < 4.78 is 9.96. The van der Waals surface area contributed by atoms with Crippen molar-refractivity contribution < 1.29 is 24.2 Å². The normalized spacial score (nSPS) is 12.8. The highest BCUT2D eigenvalue weighted by atomic mass is 33.1. The largest absolute Gasteiger partial charge is 0.480 e. The Kier molecular flexibility index (Phi) is 14.4. The van der Waals surface area contributed by atoms with E-state index in [9.17, 15) is 14.7 Å². The zero-order valence-corrected chi connectivity index (χ0v) is 17.3. The first-order chi connectivity index (χ1) is 11.8. The van der Waals surface area contributed by atoms with Crippen LogP contribution >= 0.6 is 21.6 Å². The SMILES string of the molecule is CCCOCCOCCC(=O)N[C@H](C(=O)O)C(C)(C)SSCCNC. The Bertz CT molecular complexity index is 384. The number of amides is 1. The van der Waals surface area contributed by atoms with Crippen LogP contribution in [0, 0.1) is 0 Å². The van der Waals surface area contributed by atoms with Crippen LogP contribution in [0.1, 0.15) is 33.6 Å². The van der Waals surface area contributed by atoms with Crippen molar-refractivity contribution in [2.24, 2.45) is 0 Å². The second kappa shape index (κ2) is 14.7. The summed E-state index contributed by atoms with van der Waals surface area (Å²) in [5.74, 6) is -0.497. The Morgan fingerprint density at radius 1 is 1.16 bits per heavy atom. The summed E-state index contributed by atoms with van der Waals surface area (Å²) >= 11 is 0. The molecule has 0 aromatic carbocycles. The van der Waals surface area contributed by atoms with E-state index in [0.29, 0.717) is 19.8 Å². The smallest absolute Gasteiger partial charge is 0.327 e. The number of carbonyl (C=O) groups is 2. The molecule has 0 aliphatic rings. The average molecular weight is 397 g/mol. The van der Waals surface area contributed by atoms with Gasteiger partial charge < -0.3 is 25.2 Å². The average Bonchev–Trinajstić information content (AvgIpc) is 2.55. The zero-order valence-electron chi connectivity index (χ0n) is 15.6. The zero-order chi connectivity index (χ0) is 19.1. The van der Waals surface area contributed by atoms with E-state index in [1.807, 2.05) is 27.8 Å². The van der Waals surface area contributed by atoms with Gasteiger partial charge in [-0.25, -0.2) is 4.79 Å². The monoisotopic (exact) mass is 396 g/mol.